The lowest BCUT2D eigenvalue weighted by Crippen LogP contribution is -1.99. The summed E-state index contributed by atoms with van der Waals surface area (Å²) >= 11 is 0. The third kappa shape index (κ3) is 3.46. The molecule has 0 aromatic heterocycles. The van der Waals surface area contributed by atoms with Crippen molar-refractivity contribution in [1.29, 1.82) is 0 Å². The summed E-state index contributed by atoms with van der Waals surface area (Å²) in [6.45, 7) is 4.13. The number of esters is 1. The van der Waals surface area contributed by atoms with E-state index in [2.05, 4.69) is 0 Å². The van der Waals surface area contributed by atoms with Crippen LogP contribution in [0.25, 0.3) is 6.08 Å². The molecule has 0 atom stereocenters. The largest absolute Gasteiger partial charge is 0.463 e. The van der Waals surface area contributed by atoms with Crippen molar-refractivity contribution in [2.75, 3.05) is 12.3 Å². The van der Waals surface area contributed by atoms with Crippen LogP contribution in [0.5, 0.6) is 0 Å². The number of carbonyl (C=O) groups excluding carboxylic acids is 1. The van der Waals surface area contributed by atoms with E-state index >= 15 is 0 Å². The second kappa shape index (κ2) is 5.20. The Morgan fingerprint density at radius 3 is 2.93 bits per heavy atom. The highest BCUT2D eigenvalue weighted by Gasteiger charge is 1.97. The quantitative estimate of drug-likeness (QED) is 0.467. The standard InChI is InChI=1S/C12H15NO2/c1-3-15-12(14)7-5-10-8-9(2)4-6-11(10)13/h4-8H,3,13H2,1-2H3. The fourth-order valence-corrected chi connectivity index (χ4v) is 1.19. The summed E-state index contributed by atoms with van der Waals surface area (Å²) in [4.78, 5) is 11.1. The zero-order valence-electron chi connectivity index (χ0n) is 8.99. The van der Waals surface area contributed by atoms with Gasteiger partial charge in [-0.2, -0.15) is 0 Å². The molecule has 0 bridgehead atoms. The monoisotopic (exact) mass is 205 g/mol. The van der Waals surface area contributed by atoms with E-state index in [4.69, 9.17) is 10.5 Å². The van der Waals surface area contributed by atoms with Crippen LogP contribution in [0.1, 0.15) is 18.1 Å². The van der Waals surface area contributed by atoms with Crippen molar-refractivity contribution in [2.24, 2.45) is 0 Å². The lowest BCUT2D eigenvalue weighted by atomic mass is 10.1. The van der Waals surface area contributed by atoms with Crippen LogP contribution in [0.2, 0.25) is 0 Å². The highest BCUT2D eigenvalue weighted by Crippen LogP contribution is 2.15. The van der Waals surface area contributed by atoms with Crippen LogP contribution in [0.4, 0.5) is 5.69 Å². The molecular formula is C12H15NO2. The van der Waals surface area contributed by atoms with Crippen LogP contribution in [-0.4, -0.2) is 12.6 Å². The molecule has 0 amide bonds. The first-order valence-electron chi connectivity index (χ1n) is 4.84. The van der Waals surface area contributed by atoms with Gasteiger partial charge in [-0.1, -0.05) is 11.6 Å². The molecule has 3 heteroatoms. The Kier molecular flexibility index (Phi) is 3.92. The van der Waals surface area contributed by atoms with Gasteiger partial charge in [-0.25, -0.2) is 4.79 Å². The number of anilines is 1. The van der Waals surface area contributed by atoms with Gasteiger partial charge in [0.05, 0.1) is 6.61 Å². The third-order valence-corrected chi connectivity index (χ3v) is 1.93. The molecule has 0 aliphatic rings. The minimum absolute atomic E-state index is 0.349. The second-order valence-electron chi connectivity index (χ2n) is 3.22. The van der Waals surface area contributed by atoms with Gasteiger partial charge in [-0.3, -0.25) is 0 Å². The number of aryl methyl sites for hydroxylation is 1. The molecule has 0 aliphatic heterocycles. The molecule has 1 aromatic carbocycles. The van der Waals surface area contributed by atoms with E-state index in [-0.39, 0.29) is 5.97 Å². The van der Waals surface area contributed by atoms with Crippen LogP contribution in [-0.2, 0) is 9.53 Å². The average Bonchev–Trinajstić information content (AvgIpc) is 2.20. The molecule has 1 aromatic rings. The number of hydrogen-bond donors (Lipinski definition) is 1. The van der Waals surface area contributed by atoms with E-state index < -0.39 is 0 Å². The van der Waals surface area contributed by atoms with E-state index in [0.29, 0.717) is 12.3 Å². The summed E-state index contributed by atoms with van der Waals surface area (Å²) in [5.41, 5.74) is 8.34. The van der Waals surface area contributed by atoms with Crippen molar-refractivity contribution in [3.63, 3.8) is 0 Å². The first kappa shape index (κ1) is 11.3. The zero-order valence-corrected chi connectivity index (χ0v) is 8.99. The van der Waals surface area contributed by atoms with Crippen LogP contribution in [0.3, 0.4) is 0 Å². The Balaban J connectivity index is 2.79. The Hall–Kier alpha value is -1.77. The van der Waals surface area contributed by atoms with Crippen molar-refractivity contribution in [1.82, 2.24) is 0 Å². The van der Waals surface area contributed by atoms with E-state index in [9.17, 15) is 4.79 Å². The summed E-state index contributed by atoms with van der Waals surface area (Å²) in [5, 5.41) is 0. The minimum atomic E-state index is -0.349. The van der Waals surface area contributed by atoms with Gasteiger partial charge < -0.3 is 10.5 Å². The number of carbonyl (C=O) groups is 1. The maximum Gasteiger partial charge on any atom is 0.330 e. The molecule has 0 fully saturated rings. The van der Waals surface area contributed by atoms with Gasteiger partial charge in [0.2, 0.25) is 0 Å². The van der Waals surface area contributed by atoms with Gasteiger partial charge >= 0.3 is 5.97 Å². The highest BCUT2D eigenvalue weighted by atomic mass is 16.5. The van der Waals surface area contributed by atoms with E-state index in [1.54, 1.807) is 13.0 Å². The molecule has 2 N–H and O–H groups in total. The van der Waals surface area contributed by atoms with Crippen LogP contribution in [0, 0.1) is 6.92 Å². The predicted molar refractivity (Wildman–Crippen MR) is 61.3 cm³/mol. The maximum atomic E-state index is 11.1. The van der Waals surface area contributed by atoms with Gasteiger partial charge in [0, 0.05) is 11.8 Å². The number of nitrogen functional groups attached to an aromatic ring is 1. The molecule has 0 spiro atoms. The molecule has 15 heavy (non-hydrogen) atoms. The number of nitrogens with two attached hydrogens (primary N) is 1. The lowest BCUT2D eigenvalue weighted by Gasteiger charge is -2.01. The summed E-state index contributed by atoms with van der Waals surface area (Å²) in [7, 11) is 0. The van der Waals surface area contributed by atoms with Gasteiger partial charge in [0.1, 0.15) is 0 Å². The van der Waals surface area contributed by atoms with Crippen molar-refractivity contribution < 1.29 is 9.53 Å². The Morgan fingerprint density at radius 2 is 2.27 bits per heavy atom. The molecule has 0 aliphatic carbocycles. The summed E-state index contributed by atoms with van der Waals surface area (Å²) in [6.07, 6.45) is 3.05. The predicted octanol–water partition coefficient (Wildman–Crippen LogP) is 2.15. The number of ether oxygens (including phenoxy) is 1. The topological polar surface area (TPSA) is 52.3 Å². The third-order valence-electron chi connectivity index (χ3n) is 1.93. The normalized spacial score (nSPS) is 10.5. The Morgan fingerprint density at radius 1 is 1.53 bits per heavy atom. The summed E-state index contributed by atoms with van der Waals surface area (Å²) < 4.78 is 4.77. The molecule has 0 heterocycles. The summed E-state index contributed by atoms with van der Waals surface area (Å²) in [6, 6.07) is 5.67. The van der Waals surface area contributed by atoms with Gasteiger partial charge in [-0.15, -0.1) is 0 Å². The van der Waals surface area contributed by atoms with Crippen molar-refractivity contribution in [3.05, 3.63) is 35.4 Å². The molecular weight excluding hydrogens is 190 g/mol. The van der Waals surface area contributed by atoms with Crippen molar-refractivity contribution in [3.8, 4) is 0 Å². The minimum Gasteiger partial charge on any atom is -0.463 e. The van der Waals surface area contributed by atoms with Gasteiger partial charge in [0.25, 0.3) is 0 Å². The Bertz CT molecular complexity index is 383. The van der Waals surface area contributed by atoms with Crippen LogP contribution >= 0.6 is 0 Å². The van der Waals surface area contributed by atoms with Crippen molar-refractivity contribution in [2.45, 2.75) is 13.8 Å². The number of hydrogen-bond acceptors (Lipinski definition) is 3. The maximum absolute atomic E-state index is 11.1. The molecule has 0 radical (unpaired) electrons. The Labute approximate surface area is 89.5 Å². The molecule has 0 unspecified atom stereocenters. The van der Waals surface area contributed by atoms with Gasteiger partial charge in [0.15, 0.2) is 0 Å². The fraction of sp³-hybridized carbons (Fsp3) is 0.250. The van der Waals surface area contributed by atoms with E-state index in [1.807, 2.05) is 25.1 Å². The molecule has 0 saturated heterocycles. The second-order valence-corrected chi connectivity index (χ2v) is 3.22. The first-order valence-corrected chi connectivity index (χ1v) is 4.84. The lowest BCUT2D eigenvalue weighted by molar-refractivity contribution is -0.137. The highest BCUT2D eigenvalue weighted by molar-refractivity contribution is 5.88. The van der Waals surface area contributed by atoms with Crippen LogP contribution in [0.15, 0.2) is 24.3 Å². The molecule has 3 nitrogen and oxygen atoms in total. The molecule has 1 rings (SSSR count). The fourth-order valence-electron chi connectivity index (χ4n) is 1.19. The van der Waals surface area contributed by atoms with E-state index in [0.717, 1.165) is 11.1 Å². The van der Waals surface area contributed by atoms with Crippen LogP contribution < -0.4 is 5.73 Å². The number of benzene rings is 1. The first-order chi connectivity index (χ1) is 7.13. The average molecular weight is 205 g/mol. The molecule has 80 valence electrons. The summed E-state index contributed by atoms with van der Waals surface area (Å²) in [5.74, 6) is -0.349. The van der Waals surface area contributed by atoms with Crippen molar-refractivity contribution >= 4 is 17.7 Å². The number of rotatable bonds is 3. The van der Waals surface area contributed by atoms with Gasteiger partial charge in [-0.05, 0) is 37.6 Å². The van der Waals surface area contributed by atoms with E-state index in [1.165, 1.54) is 6.08 Å². The smallest absolute Gasteiger partial charge is 0.330 e. The SMILES string of the molecule is CCOC(=O)C=Cc1cc(C)ccc1N. The molecule has 0 saturated carbocycles. The zero-order chi connectivity index (χ0) is 11.3.